The molecule has 2 unspecified atom stereocenters. The van der Waals surface area contributed by atoms with Gasteiger partial charge in [0.25, 0.3) is 0 Å². The van der Waals surface area contributed by atoms with Gasteiger partial charge in [0.1, 0.15) is 23.5 Å². The summed E-state index contributed by atoms with van der Waals surface area (Å²) in [5.74, 6) is 1.36. The molecular weight excluding hydrogens is 545 g/mol. The minimum Gasteiger partial charge on any atom is -0.457 e. The van der Waals surface area contributed by atoms with Crippen LogP contribution in [0.4, 0.5) is 21.6 Å². The van der Waals surface area contributed by atoms with Gasteiger partial charge < -0.3 is 19.5 Å². The second-order valence-electron chi connectivity index (χ2n) is 10.9. The number of allylic oxidation sites excluding steroid dienone is 1. The highest BCUT2D eigenvalue weighted by Gasteiger charge is 2.30. The summed E-state index contributed by atoms with van der Waals surface area (Å²) in [4.78, 5) is 31.0. The largest absolute Gasteiger partial charge is 0.457 e. The van der Waals surface area contributed by atoms with Crippen LogP contribution in [0.2, 0.25) is 0 Å². The van der Waals surface area contributed by atoms with E-state index in [0.717, 1.165) is 43.3 Å². The van der Waals surface area contributed by atoms with E-state index in [9.17, 15) is 4.79 Å². The molecule has 2 atom stereocenters. The number of hydrogen-bond acceptors (Lipinski definition) is 7. The van der Waals surface area contributed by atoms with Gasteiger partial charge in [-0.15, -0.1) is 0 Å². The van der Waals surface area contributed by atoms with Crippen LogP contribution in [0.1, 0.15) is 43.9 Å². The van der Waals surface area contributed by atoms with Crippen LogP contribution >= 0.6 is 0 Å². The second-order valence-corrected chi connectivity index (χ2v) is 10.9. The summed E-state index contributed by atoms with van der Waals surface area (Å²) in [6, 6.07) is 9.14. The maximum absolute atomic E-state index is 15.5. The van der Waals surface area contributed by atoms with Crippen molar-refractivity contribution in [3.8, 4) is 11.5 Å². The van der Waals surface area contributed by atoms with Crippen LogP contribution in [0, 0.1) is 18.7 Å². The monoisotopic (exact) mass is 581 g/mol. The molecule has 1 amide bonds. The molecule has 4 aromatic rings. The van der Waals surface area contributed by atoms with Gasteiger partial charge in [-0.3, -0.25) is 9.79 Å². The van der Waals surface area contributed by atoms with Gasteiger partial charge in [-0.25, -0.2) is 19.3 Å². The van der Waals surface area contributed by atoms with Gasteiger partial charge in [0.05, 0.1) is 28.7 Å². The molecule has 43 heavy (non-hydrogen) atoms. The lowest BCUT2D eigenvalue weighted by atomic mass is 9.99. The van der Waals surface area contributed by atoms with E-state index in [1.165, 1.54) is 12.4 Å². The quantitative estimate of drug-likeness (QED) is 0.114. The molecule has 1 N–H and O–H groups in total. The number of imidazole rings is 1. The zero-order chi connectivity index (χ0) is 30.5. The average Bonchev–Trinajstić information content (AvgIpc) is 3.57. The first-order valence-electron chi connectivity index (χ1n) is 14.3. The standard InChI is InChI=1S/C33H36FN7O2/c1-6-30(42)41-18-23(16-21(41)2)10-8-7-9-11-26-32(35-4)33(37-19-36-26)39-25-13-15-29(22(3)31(25)34)43-24-12-14-28-27(17-24)38-20-40(28)5/h6,9,11-15,17,19-21,23H,1,4,7-8,10,16,18H2,2-3,5H3,(H,36,37,39)/b11-9-. The number of anilines is 2. The molecule has 0 radical (unpaired) electrons. The summed E-state index contributed by atoms with van der Waals surface area (Å²) < 4.78 is 23.4. The zero-order valence-electron chi connectivity index (χ0n) is 24.8. The van der Waals surface area contributed by atoms with Crippen molar-refractivity contribution in [1.82, 2.24) is 24.4 Å². The number of aliphatic imine (C=N–C) groups is 1. The molecule has 1 saturated heterocycles. The lowest BCUT2D eigenvalue weighted by Gasteiger charge is -2.19. The van der Waals surface area contributed by atoms with E-state index in [1.54, 1.807) is 25.4 Å². The second kappa shape index (κ2) is 13.0. The van der Waals surface area contributed by atoms with E-state index in [2.05, 4.69) is 45.5 Å². The first kappa shape index (κ1) is 29.6. The molecule has 2 aromatic carbocycles. The Bertz CT molecular complexity index is 1700. The summed E-state index contributed by atoms with van der Waals surface area (Å²) in [6.45, 7) is 11.8. The maximum Gasteiger partial charge on any atom is 0.246 e. The van der Waals surface area contributed by atoms with E-state index < -0.39 is 5.82 Å². The highest BCUT2D eigenvalue weighted by Crippen LogP contribution is 2.35. The van der Waals surface area contributed by atoms with Crippen molar-refractivity contribution in [2.75, 3.05) is 11.9 Å². The van der Waals surface area contributed by atoms with Gasteiger partial charge in [0.2, 0.25) is 5.91 Å². The molecule has 0 spiro atoms. The van der Waals surface area contributed by atoms with Crippen LogP contribution in [-0.4, -0.2) is 49.6 Å². The first-order valence-corrected chi connectivity index (χ1v) is 14.3. The van der Waals surface area contributed by atoms with E-state index in [4.69, 9.17) is 4.74 Å². The zero-order valence-corrected chi connectivity index (χ0v) is 24.8. The van der Waals surface area contributed by atoms with E-state index in [-0.39, 0.29) is 17.6 Å². The first-order chi connectivity index (χ1) is 20.8. The third-order valence-electron chi connectivity index (χ3n) is 7.90. The number of hydrogen-bond donors (Lipinski definition) is 1. The van der Waals surface area contributed by atoms with E-state index in [1.807, 2.05) is 46.9 Å². The number of amides is 1. The van der Waals surface area contributed by atoms with Crippen LogP contribution < -0.4 is 10.1 Å². The number of aryl methyl sites for hydroxylation is 1. The van der Waals surface area contributed by atoms with Crippen LogP contribution in [0.5, 0.6) is 11.5 Å². The maximum atomic E-state index is 15.5. The Labute approximate surface area is 250 Å². The van der Waals surface area contributed by atoms with Gasteiger partial charge in [-0.2, -0.15) is 0 Å². The van der Waals surface area contributed by atoms with Crippen molar-refractivity contribution >= 4 is 46.9 Å². The number of nitrogens with zero attached hydrogens (tertiary/aromatic N) is 6. The number of fused-ring (bicyclic) bond motifs is 1. The summed E-state index contributed by atoms with van der Waals surface area (Å²) in [5.41, 5.74) is 3.38. The number of ether oxygens (including phenoxy) is 1. The number of likely N-dealkylation sites (tertiary alicyclic amines) is 1. The molecule has 222 valence electrons. The Hall–Kier alpha value is -4.86. The molecule has 5 rings (SSSR count). The summed E-state index contributed by atoms with van der Waals surface area (Å²) in [5, 5.41) is 3.05. The van der Waals surface area contributed by atoms with Crippen molar-refractivity contribution in [2.24, 2.45) is 18.0 Å². The lowest BCUT2D eigenvalue weighted by Crippen LogP contribution is -2.32. The molecule has 0 aliphatic carbocycles. The van der Waals surface area contributed by atoms with Crippen molar-refractivity contribution in [2.45, 2.75) is 45.6 Å². The molecule has 10 heteroatoms. The van der Waals surface area contributed by atoms with Gasteiger partial charge in [0, 0.05) is 31.3 Å². The fourth-order valence-electron chi connectivity index (χ4n) is 5.57. The van der Waals surface area contributed by atoms with Crippen molar-refractivity contribution < 1.29 is 13.9 Å². The number of carbonyl (C=O) groups is 1. The summed E-state index contributed by atoms with van der Waals surface area (Å²) in [6.07, 6.45) is 12.4. The highest BCUT2D eigenvalue weighted by atomic mass is 19.1. The van der Waals surface area contributed by atoms with Gasteiger partial charge in [0.15, 0.2) is 11.6 Å². The predicted molar refractivity (Wildman–Crippen MR) is 169 cm³/mol. The number of unbranched alkanes of at least 4 members (excludes halogenated alkanes) is 1. The Kier molecular flexibility index (Phi) is 8.94. The summed E-state index contributed by atoms with van der Waals surface area (Å²) in [7, 11) is 1.92. The van der Waals surface area contributed by atoms with Crippen LogP contribution in [-0.2, 0) is 11.8 Å². The van der Waals surface area contributed by atoms with Crippen LogP contribution in [0.3, 0.4) is 0 Å². The SMILES string of the molecule is C=CC(=O)N1CC(CCC/C=C\c2ncnc(Nc3ccc(Oc4ccc5c(c4)ncn5C)c(C)c3F)c2N=C)CC1C. The van der Waals surface area contributed by atoms with Crippen LogP contribution in [0.25, 0.3) is 17.1 Å². The smallest absolute Gasteiger partial charge is 0.246 e. The number of nitrogens with one attached hydrogen (secondary N) is 1. The minimum absolute atomic E-state index is 0.00521. The highest BCUT2D eigenvalue weighted by molar-refractivity contribution is 5.87. The van der Waals surface area contributed by atoms with Crippen LogP contribution in [0.15, 0.2) is 66.7 Å². The molecule has 3 heterocycles. The average molecular weight is 582 g/mol. The molecule has 0 saturated carbocycles. The van der Waals surface area contributed by atoms with Gasteiger partial charge in [-0.05, 0) is 88.6 Å². The third-order valence-corrected chi connectivity index (χ3v) is 7.90. The molecular formula is C33H36FN7O2. The molecule has 1 aliphatic rings. The van der Waals surface area contributed by atoms with E-state index in [0.29, 0.717) is 40.2 Å². The fourth-order valence-corrected chi connectivity index (χ4v) is 5.57. The third kappa shape index (κ3) is 6.48. The molecule has 1 fully saturated rings. The number of aromatic nitrogens is 4. The number of halogens is 1. The Morgan fingerprint density at radius 1 is 1.26 bits per heavy atom. The normalized spacial score (nSPS) is 16.6. The van der Waals surface area contributed by atoms with Crippen molar-refractivity contribution in [3.05, 3.63) is 78.8 Å². The topological polar surface area (TPSA) is 97.5 Å². The number of benzene rings is 2. The Morgan fingerprint density at radius 3 is 2.88 bits per heavy atom. The minimum atomic E-state index is -0.461. The van der Waals surface area contributed by atoms with E-state index >= 15 is 4.39 Å². The number of rotatable bonds is 11. The molecule has 1 aliphatic heterocycles. The number of carbonyl (C=O) groups excluding carboxylic acids is 1. The Balaban J connectivity index is 1.22. The van der Waals surface area contributed by atoms with Crippen molar-refractivity contribution in [3.63, 3.8) is 0 Å². The van der Waals surface area contributed by atoms with Gasteiger partial charge >= 0.3 is 0 Å². The fraction of sp³-hybridized carbons (Fsp3) is 0.303. The molecule has 9 nitrogen and oxygen atoms in total. The van der Waals surface area contributed by atoms with Crippen molar-refractivity contribution in [1.29, 1.82) is 0 Å². The molecule has 0 bridgehead atoms. The van der Waals surface area contributed by atoms with Gasteiger partial charge in [-0.1, -0.05) is 12.7 Å². The lowest BCUT2D eigenvalue weighted by molar-refractivity contribution is -0.126. The molecule has 2 aromatic heterocycles. The Morgan fingerprint density at radius 2 is 2.09 bits per heavy atom. The summed E-state index contributed by atoms with van der Waals surface area (Å²) >= 11 is 0. The predicted octanol–water partition coefficient (Wildman–Crippen LogP) is 7.29.